The van der Waals surface area contributed by atoms with Crippen LogP contribution in [-0.4, -0.2) is 19.6 Å². The summed E-state index contributed by atoms with van der Waals surface area (Å²) in [6, 6.07) is 5.90. The summed E-state index contributed by atoms with van der Waals surface area (Å²) < 4.78 is 2.62. The fourth-order valence-electron chi connectivity index (χ4n) is 1.90. The third-order valence-electron chi connectivity index (χ3n) is 3.07. The van der Waals surface area contributed by atoms with E-state index in [2.05, 4.69) is 15.1 Å². The van der Waals surface area contributed by atoms with Gasteiger partial charge >= 0.3 is 0 Å². The molecule has 18 heavy (non-hydrogen) atoms. The number of pyridine rings is 1. The topological polar surface area (TPSA) is 46.0 Å². The Morgan fingerprint density at radius 2 is 1.94 bits per heavy atom. The van der Waals surface area contributed by atoms with Gasteiger partial charge in [0.1, 0.15) is 4.64 Å². The van der Waals surface area contributed by atoms with E-state index in [1.807, 2.05) is 36.6 Å². The van der Waals surface area contributed by atoms with Gasteiger partial charge in [-0.2, -0.15) is 0 Å². The maximum absolute atomic E-state index is 5.43. The van der Waals surface area contributed by atoms with Gasteiger partial charge in [0.25, 0.3) is 0 Å². The molecule has 0 saturated heterocycles. The van der Waals surface area contributed by atoms with Crippen LogP contribution in [0, 0.1) is 18.5 Å². The van der Waals surface area contributed by atoms with Gasteiger partial charge < -0.3 is 0 Å². The average molecular weight is 256 g/mol. The number of aromatic amines is 1. The number of nitrogens with one attached hydrogen (secondary N) is 1. The zero-order valence-electron chi connectivity index (χ0n) is 10.1. The number of nitrogens with zero attached hydrogens (tertiary/aromatic N) is 3. The van der Waals surface area contributed by atoms with Crippen LogP contribution in [0.4, 0.5) is 0 Å². The first-order valence-corrected chi connectivity index (χ1v) is 6.07. The van der Waals surface area contributed by atoms with Gasteiger partial charge in [0.15, 0.2) is 5.65 Å². The molecule has 0 atom stereocenters. The zero-order valence-corrected chi connectivity index (χ0v) is 11.0. The molecule has 3 heterocycles. The molecule has 90 valence electrons. The van der Waals surface area contributed by atoms with E-state index in [-0.39, 0.29) is 0 Å². The van der Waals surface area contributed by atoms with Crippen molar-refractivity contribution in [2.75, 3.05) is 0 Å². The Bertz CT molecular complexity index is 771. The van der Waals surface area contributed by atoms with E-state index in [4.69, 9.17) is 12.2 Å². The summed E-state index contributed by atoms with van der Waals surface area (Å²) >= 11 is 5.43. The van der Waals surface area contributed by atoms with E-state index in [0.717, 1.165) is 32.8 Å². The van der Waals surface area contributed by atoms with E-state index in [0.29, 0.717) is 0 Å². The second kappa shape index (κ2) is 4.03. The molecule has 0 amide bonds. The van der Waals surface area contributed by atoms with Crippen molar-refractivity contribution in [3.05, 3.63) is 46.5 Å². The van der Waals surface area contributed by atoms with E-state index >= 15 is 0 Å². The molecule has 3 aromatic rings. The molecule has 3 aromatic heterocycles. The van der Waals surface area contributed by atoms with E-state index < -0.39 is 0 Å². The molecule has 0 spiro atoms. The second-order valence-electron chi connectivity index (χ2n) is 4.23. The van der Waals surface area contributed by atoms with Gasteiger partial charge in [-0.15, -0.1) is 0 Å². The van der Waals surface area contributed by atoms with Crippen LogP contribution in [0.5, 0.6) is 0 Å². The van der Waals surface area contributed by atoms with Crippen molar-refractivity contribution in [3.63, 3.8) is 0 Å². The number of hydrogen-bond acceptors (Lipinski definition) is 3. The zero-order chi connectivity index (χ0) is 12.7. The van der Waals surface area contributed by atoms with Crippen LogP contribution >= 0.6 is 12.2 Å². The first-order chi connectivity index (χ1) is 8.66. The smallest absolute Gasteiger partial charge is 0.155 e. The highest BCUT2D eigenvalue weighted by molar-refractivity contribution is 7.71. The molecule has 1 N–H and O–H groups in total. The van der Waals surface area contributed by atoms with Crippen molar-refractivity contribution in [1.29, 1.82) is 0 Å². The van der Waals surface area contributed by atoms with Crippen LogP contribution in [0.3, 0.4) is 0 Å². The first kappa shape index (κ1) is 11.1. The van der Waals surface area contributed by atoms with Crippen LogP contribution in [0.25, 0.3) is 16.9 Å². The van der Waals surface area contributed by atoms with Gasteiger partial charge in [0, 0.05) is 35.3 Å². The van der Waals surface area contributed by atoms with E-state index in [1.165, 1.54) is 0 Å². The SMILES string of the molecule is Cc1nc2cc(-c3ccncc3)[nH]n2c(=S)c1C. The van der Waals surface area contributed by atoms with Crippen molar-refractivity contribution in [3.8, 4) is 11.3 Å². The predicted molar refractivity (Wildman–Crippen MR) is 73.1 cm³/mol. The maximum Gasteiger partial charge on any atom is 0.155 e. The summed E-state index contributed by atoms with van der Waals surface area (Å²) in [5.74, 6) is 0. The summed E-state index contributed by atoms with van der Waals surface area (Å²) in [5.41, 5.74) is 4.90. The first-order valence-electron chi connectivity index (χ1n) is 5.66. The molecule has 0 aliphatic heterocycles. The van der Waals surface area contributed by atoms with Crippen LogP contribution in [0.2, 0.25) is 0 Å². The molecule has 0 saturated carbocycles. The minimum atomic E-state index is 0.776. The third kappa shape index (κ3) is 1.64. The van der Waals surface area contributed by atoms with Gasteiger partial charge in [-0.3, -0.25) is 10.1 Å². The molecule has 0 radical (unpaired) electrons. The van der Waals surface area contributed by atoms with Gasteiger partial charge in [-0.1, -0.05) is 12.2 Å². The van der Waals surface area contributed by atoms with Crippen LogP contribution < -0.4 is 0 Å². The van der Waals surface area contributed by atoms with Gasteiger partial charge in [-0.25, -0.2) is 9.50 Å². The lowest BCUT2D eigenvalue weighted by Crippen LogP contribution is -1.98. The Morgan fingerprint density at radius 3 is 2.67 bits per heavy atom. The summed E-state index contributed by atoms with van der Waals surface area (Å²) in [4.78, 5) is 8.55. The fraction of sp³-hybridized carbons (Fsp3) is 0.154. The number of aromatic nitrogens is 4. The lowest BCUT2D eigenvalue weighted by Gasteiger charge is -2.01. The molecule has 0 bridgehead atoms. The molecule has 0 aliphatic carbocycles. The highest BCUT2D eigenvalue weighted by atomic mass is 32.1. The summed E-state index contributed by atoms with van der Waals surface area (Å²) in [7, 11) is 0. The van der Waals surface area contributed by atoms with Crippen LogP contribution in [0.1, 0.15) is 11.3 Å². The minimum Gasteiger partial charge on any atom is -0.291 e. The van der Waals surface area contributed by atoms with Crippen molar-refractivity contribution in [2.45, 2.75) is 13.8 Å². The molecule has 5 heteroatoms. The number of fused-ring (bicyclic) bond motifs is 1. The monoisotopic (exact) mass is 256 g/mol. The van der Waals surface area contributed by atoms with Crippen molar-refractivity contribution >= 4 is 17.9 Å². The Labute approximate surface area is 109 Å². The van der Waals surface area contributed by atoms with Gasteiger partial charge in [0.2, 0.25) is 0 Å². The maximum atomic E-state index is 5.43. The summed E-state index contributed by atoms with van der Waals surface area (Å²) in [5, 5.41) is 3.27. The van der Waals surface area contributed by atoms with Crippen molar-refractivity contribution < 1.29 is 0 Å². The predicted octanol–water partition coefficient (Wildman–Crippen LogP) is 3.07. The highest BCUT2D eigenvalue weighted by Crippen LogP contribution is 2.19. The Kier molecular flexibility index (Phi) is 2.48. The Hall–Kier alpha value is -2.01. The lowest BCUT2D eigenvalue weighted by atomic mass is 10.2. The van der Waals surface area contributed by atoms with Gasteiger partial charge in [0.05, 0.1) is 5.69 Å². The van der Waals surface area contributed by atoms with Crippen LogP contribution in [0.15, 0.2) is 30.6 Å². The number of aryl methyl sites for hydroxylation is 1. The molecule has 4 nitrogen and oxygen atoms in total. The second-order valence-corrected chi connectivity index (χ2v) is 4.61. The minimum absolute atomic E-state index is 0.776. The van der Waals surface area contributed by atoms with Gasteiger partial charge in [-0.05, 0) is 26.0 Å². The van der Waals surface area contributed by atoms with Crippen molar-refractivity contribution in [2.24, 2.45) is 0 Å². The number of hydrogen-bond donors (Lipinski definition) is 1. The molecular formula is C13H12N4S. The highest BCUT2D eigenvalue weighted by Gasteiger charge is 2.07. The third-order valence-corrected chi connectivity index (χ3v) is 3.56. The van der Waals surface area contributed by atoms with Crippen LogP contribution in [-0.2, 0) is 0 Å². The molecule has 0 fully saturated rings. The average Bonchev–Trinajstić information content (AvgIpc) is 2.81. The number of rotatable bonds is 1. The standard InChI is InChI=1S/C13H12N4S/c1-8-9(2)15-12-7-11(16-17(12)13(8)18)10-3-5-14-6-4-10/h3-7,16H,1-2H3. The normalized spacial score (nSPS) is 11.0. The summed E-state index contributed by atoms with van der Waals surface area (Å²) in [6.45, 7) is 3.97. The molecular weight excluding hydrogens is 244 g/mol. The quantitative estimate of drug-likeness (QED) is 0.681. The Morgan fingerprint density at radius 1 is 1.22 bits per heavy atom. The van der Waals surface area contributed by atoms with E-state index in [9.17, 15) is 0 Å². The largest absolute Gasteiger partial charge is 0.291 e. The lowest BCUT2D eigenvalue weighted by molar-refractivity contribution is 0.903. The molecule has 3 rings (SSSR count). The van der Waals surface area contributed by atoms with E-state index in [1.54, 1.807) is 12.4 Å². The summed E-state index contributed by atoms with van der Waals surface area (Å²) in [6.07, 6.45) is 3.54. The molecule has 0 aromatic carbocycles. The molecule has 0 aliphatic rings. The Balaban J connectivity index is 2.30. The van der Waals surface area contributed by atoms with Crippen molar-refractivity contribution in [1.82, 2.24) is 19.6 Å². The molecule has 0 unspecified atom stereocenters. The number of H-pyrrole nitrogens is 1. The fourth-order valence-corrected chi connectivity index (χ4v) is 2.19.